The highest BCUT2D eigenvalue weighted by Crippen LogP contribution is 2.28. The summed E-state index contributed by atoms with van der Waals surface area (Å²) < 4.78 is 0. The van der Waals surface area contributed by atoms with E-state index in [2.05, 4.69) is 42.8 Å². The summed E-state index contributed by atoms with van der Waals surface area (Å²) in [5.41, 5.74) is 5.59. The lowest BCUT2D eigenvalue weighted by atomic mass is 9.98. The molecule has 2 heterocycles. The topological polar surface area (TPSA) is 29.0 Å². The Labute approximate surface area is 120 Å². The molecular weight excluding hydrogens is 246 g/mol. The molecule has 1 aromatic carbocycles. The number of benzene rings is 1. The van der Waals surface area contributed by atoms with Crippen LogP contribution in [0, 0.1) is 0 Å². The minimum Gasteiger partial charge on any atom is -0.300 e. The van der Waals surface area contributed by atoms with E-state index in [-0.39, 0.29) is 0 Å². The Hall–Kier alpha value is -2.00. The van der Waals surface area contributed by atoms with Gasteiger partial charge in [0.25, 0.3) is 0 Å². The summed E-state index contributed by atoms with van der Waals surface area (Å²) in [6.07, 6.45) is 1.01. The first-order chi connectivity index (χ1) is 9.65. The second-order valence-electron chi connectivity index (χ2n) is 5.46. The lowest BCUT2D eigenvalue weighted by molar-refractivity contribution is 0.307. The summed E-state index contributed by atoms with van der Waals surface area (Å²) in [7, 11) is 2.13. The smallest absolute Gasteiger partial charge is 0.155 e. The first-order valence-corrected chi connectivity index (χ1v) is 6.95. The average molecular weight is 265 g/mol. The monoisotopic (exact) mass is 265 g/mol. The van der Waals surface area contributed by atoms with Crippen molar-refractivity contribution in [2.45, 2.75) is 19.9 Å². The van der Waals surface area contributed by atoms with Crippen LogP contribution in [0.2, 0.25) is 0 Å². The molecule has 1 aromatic heterocycles. The normalized spacial score (nSPS) is 14.9. The van der Waals surface area contributed by atoms with Gasteiger partial charge in [-0.15, -0.1) is 0 Å². The maximum Gasteiger partial charge on any atom is 0.155 e. The molecule has 0 saturated carbocycles. The van der Waals surface area contributed by atoms with E-state index in [1.807, 2.05) is 13.0 Å². The van der Waals surface area contributed by atoms with Crippen molar-refractivity contribution in [3.8, 4) is 11.3 Å². The van der Waals surface area contributed by atoms with Crippen LogP contribution in [0.5, 0.6) is 0 Å². The van der Waals surface area contributed by atoms with E-state index in [0.717, 1.165) is 42.3 Å². The average Bonchev–Trinajstić information content (AvgIpc) is 2.46. The fourth-order valence-electron chi connectivity index (χ4n) is 2.59. The van der Waals surface area contributed by atoms with Crippen LogP contribution in [0.4, 0.5) is 0 Å². The van der Waals surface area contributed by atoms with Gasteiger partial charge in [-0.1, -0.05) is 36.9 Å². The fourth-order valence-corrected chi connectivity index (χ4v) is 2.59. The van der Waals surface area contributed by atoms with Crippen molar-refractivity contribution in [2.24, 2.45) is 0 Å². The van der Waals surface area contributed by atoms with Gasteiger partial charge in [-0.2, -0.15) is 0 Å². The van der Waals surface area contributed by atoms with Crippen LogP contribution in [-0.4, -0.2) is 28.5 Å². The Balaban J connectivity index is 2.20. The molecule has 1 aliphatic rings. The Morgan fingerprint density at radius 1 is 1.20 bits per heavy atom. The molecule has 1 aliphatic heterocycles. The summed E-state index contributed by atoms with van der Waals surface area (Å²) >= 11 is 0. The molecular formula is C17H19N3. The molecule has 0 aliphatic carbocycles. The van der Waals surface area contributed by atoms with Gasteiger partial charge in [0, 0.05) is 24.2 Å². The lowest BCUT2D eigenvalue weighted by Crippen LogP contribution is -2.28. The minimum atomic E-state index is 0.762. The number of hydrogen-bond acceptors (Lipinski definition) is 3. The molecule has 0 bridgehead atoms. The molecule has 3 rings (SSSR count). The molecule has 0 spiro atoms. The second-order valence-corrected chi connectivity index (χ2v) is 5.46. The van der Waals surface area contributed by atoms with Crippen molar-refractivity contribution in [2.75, 3.05) is 13.6 Å². The molecule has 0 saturated heterocycles. The zero-order valence-corrected chi connectivity index (χ0v) is 12.1. The van der Waals surface area contributed by atoms with Gasteiger partial charge in [0.05, 0.1) is 11.4 Å². The Bertz CT molecular complexity index is 647. The van der Waals surface area contributed by atoms with Crippen LogP contribution in [-0.2, 0) is 13.0 Å². The number of nitrogens with zero attached hydrogens (tertiary/aromatic N) is 3. The molecule has 0 fully saturated rings. The zero-order valence-electron chi connectivity index (χ0n) is 12.1. The van der Waals surface area contributed by atoms with Gasteiger partial charge in [-0.05, 0) is 26.0 Å². The van der Waals surface area contributed by atoms with E-state index in [1.54, 1.807) is 0 Å². The van der Waals surface area contributed by atoms with Crippen LogP contribution in [0.3, 0.4) is 0 Å². The Kier molecular flexibility index (Phi) is 3.36. The van der Waals surface area contributed by atoms with Crippen LogP contribution in [0.15, 0.2) is 36.9 Å². The molecule has 2 aromatic rings. The molecule has 3 heteroatoms. The highest BCUT2D eigenvalue weighted by molar-refractivity contribution is 5.67. The predicted octanol–water partition coefficient (Wildman–Crippen LogP) is 3.16. The van der Waals surface area contributed by atoms with Gasteiger partial charge in [-0.25, -0.2) is 9.97 Å². The number of aromatic nitrogens is 2. The predicted molar refractivity (Wildman–Crippen MR) is 82.2 cm³/mol. The SMILES string of the molecule is C=C(C)c1nc2c(c(-c3ccccc3)n1)CCN(C)C2. The van der Waals surface area contributed by atoms with Crippen LogP contribution in [0.1, 0.15) is 24.0 Å². The number of allylic oxidation sites excluding steroid dienone is 1. The molecule has 102 valence electrons. The zero-order chi connectivity index (χ0) is 14.1. The van der Waals surface area contributed by atoms with Crippen LogP contribution < -0.4 is 0 Å². The summed E-state index contributed by atoms with van der Waals surface area (Å²) in [6.45, 7) is 7.90. The van der Waals surface area contributed by atoms with Gasteiger partial charge in [0.15, 0.2) is 5.82 Å². The highest BCUT2D eigenvalue weighted by Gasteiger charge is 2.21. The maximum absolute atomic E-state index is 4.75. The van der Waals surface area contributed by atoms with Crippen molar-refractivity contribution >= 4 is 5.57 Å². The first kappa shape index (κ1) is 13.0. The minimum absolute atomic E-state index is 0.762. The van der Waals surface area contributed by atoms with E-state index in [1.165, 1.54) is 11.1 Å². The second kappa shape index (κ2) is 5.17. The Morgan fingerprint density at radius 2 is 1.95 bits per heavy atom. The van der Waals surface area contributed by atoms with Crippen molar-refractivity contribution in [1.82, 2.24) is 14.9 Å². The van der Waals surface area contributed by atoms with Crippen LogP contribution in [0.25, 0.3) is 16.8 Å². The number of likely N-dealkylation sites (N-methyl/N-ethyl adjacent to an activating group) is 1. The number of rotatable bonds is 2. The number of hydrogen-bond donors (Lipinski definition) is 0. The third-order valence-electron chi connectivity index (χ3n) is 3.68. The van der Waals surface area contributed by atoms with Crippen molar-refractivity contribution in [1.29, 1.82) is 0 Å². The first-order valence-electron chi connectivity index (χ1n) is 6.95. The molecule has 0 amide bonds. The summed E-state index contributed by atoms with van der Waals surface area (Å²) in [6, 6.07) is 10.4. The molecule has 3 nitrogen and oxygen atoms in total. The standard InChI is InChI=1S/C17H19N3/c1-12(2)17-18-15-11-20(3)10-9-14(15)16(19-17)13-7-5-4-6-8-13/h4-8H,1,9-11H2,2-3H3. The third kappa shape index (κ3) is 2.37. The summed E-state index contributed by atoms with van der Waals surface area (Å²) in [5.74, 6) is 0.762. The quantitative estimate of drug-likeness (QED) is 0.835. The van der Waals surface area contributed by atoms with Gasteiger partial charge >= 0.3 is 0 Å². The molecule has 0 unspecified atom stereocenters. The largest absolute Gasteiger partial charge is 0.300 e. The molecule has 0 atom stereocenters. The van der Waals surface area contributed by atoms with E-state index in [0.29, 0.717) is 0 Å². The van der Waals surface area contributed by atoms with Crippen LogP contribution >= 0.6 is 0 Å². The van der Waals surface area contributed by atoms with Crippen molar-refractivity contribution < 1.29 is 0 Å². The van der Waals surface area contributed by atoms with Gasteiger partial charge in [-0.3, -0.25) is 0 Å². The van der Waals surface area contributed by atoms with Crippen molar-refractivity contribution in [3.63, 3.8) is 0 Å². The fraction of sp³-hybridized carbons (Fsp3) is 0.294. The summed E-state index contributed by atoms with van der Waals surface area (Å²) in [5, 5.41) is 0. The van der Waals surface area contributed by atoms with E-state index in [4.69, 9.17) is 9.97 Å². The summed E-state index contributed by atoms with van der Waals surface area (Å²) in [4.78, 5) is 11.7. The van der Waals surface area contributed by atoms with E-state index in [9.17, 15) is 0 Å². The number of fused-ring (bicyclic) bond motifs is 1. The molecule has 20 heavy (non-hydrogen) atoms. The van der Waals surface area contributed by atoms with E-state index < -0.39 is 0 Å². The van der Waals surface area contributed by atoms with Gasteiger partial charge < -0.3 is 4.90 Å². The lowest BCUT2D eigenvalue weighted by Gasteiger charge is -2.26. The molecule has 0 N–H and O–H groups in total. The highest BCUT2D eigenvalue weighted by atomic mass is 15.1. The Morgan fingerprint density at radius 3 is 2.65 bits per heavy atom. The van der Waals surface area contributed by atoms with Gasteiger partial charge in [0.2, 0.25) is 0 Å². The maximum atomic E-state index is 4.75. The molecule has 0 radical (unpaired) electrons. The van der Waals surface area contributed by atoms with Crippen molar-refractivity contribution in [3.05, 3.63) is 54.0 Å². The van der Waals surface area contributed by atoms with E-state index >= 15 is 0 Å². The third-order valence-corrected chi connectivity index (χ3v) is 3.68. The van der Waals surface area contributed by atoms with Gasteiger partial charge in [0.1, 0.15) is 0 Å².